The highest BCUT2D eigenvalue weighted by atomic mass is 32.2. The quantitative estimate of drug-likeness (QED) is 0.0585. The molecule has 5 aromatic rings. The van der Waals surface area contributed by atoms with Crippen LogP contribution in [0.1, 0.15) is 129 Å². The van der Waals surface area contributed by atoms with Gasteiger partial charge in [-0.05, 0) is 130 Å². The van der Waals surface area contributed by atoms with Crippen LogP contribution in [0, 0.1) is 21.4 Å². The molecule has 17 nitrogen and oxygen atoms in total. The molecule has 0 unspecified atom stereocenters. The summed E-state index contributed by atoms with van der Waals surface area (Å²) in [6.45, 7) is 9.09. The number of rotatable bonds is 12. The van der Waals surface area contributed by atoms with Gasteiger partial charge in [0.15, 0.2) is 22.9 Å². The van der Waals surface area contributed by atoms with Gasteiger partial charge in [-0.15, -0.1) is 0 Å². The van der Waals surface area contributed by atoms with Gasteiger partial charge in [-0.2, -0.15) is 0 Å². The van der Waals surface area contributed by atoms with Gasteiger partial charge in [0.25, 0.3) is 27.5 Å². The number of nitro benzene ring substituents is 1. The fourth-order valence-electron chi connectivity index (χ4n) is 11.7. The third kappa shape index (κ3) is 9.09. The Morgan fingerprint density at radius 1 is 1.00 bits per heavy atom. The maximum absolute atomic E-state index is 14.2. The fraction of sp³-hybridized carbons (Fsp3) is 0.471. The number of piperidine rings is 1. The van der Waals surface area contributed by atoms with Crippen LogP contribution in [0.2, 0.25) is 0 Å². The van der Waals surface area contributed by atoms with Crippen molar-refractivity contribution in [2.75, 3.05) is 36.5 Å². The third-order valence-corrected chi connectivity index (χ3v) is 17.0. The summed E-state index contributed by atoms with van der Waals surface area (Å²) in [6, 6.07) is 19.8. The Labute approximate surface area is 401 Å². The van der Waals surface area contributed by atoms with Gasteiger partial charge in [0, 0.05) is 60.6 Å². The Bertz CT molecular complexity index is 2930. The first kappa shape index (κ1) is 46.5. The van der Waals surface area contributed by atoms with Gasteiger partial charge < -0.3 is 35.5 Å². The number of aromatic amines is 1. The van der Waals surface area contributed by atoms with Crippen molar-refractivity contribution < 1.29 is 37.5 Å². The van der Waals surface area contributed by atoms with Gasteiger partial charge in [-0.25, -0.2) is 18.1 Å². The molecular weight excluding hydrogens is 901 g/mol. The van der Waals surface area contributed by atoms with E-state index in [2.05, 4.69) is 67.9 Å². The van der Waals surface area contributed by atoms with Gasteiger partial charge >= 0.3 is 0 Å². The minimum atomic E-state index is -4.75. The van der Waals surface area contributed by atoms with Crippen molar-refractivity contribution in [2.45, 2.75) is 120 Å². The lowest BCUT2D eigenvalue weighted by Gasteiger charge is -2.56. The lowest BCUT2D eigenvalue weighted by molar-refractivity contribution is -0.384. The van der Waals surface area contributed by atoms with E-state index in [0.717, 1.165) is 63.1 Å². The molecule has 3 aliphatic heterocycles. The highest BCUT2D eigenvalue weighted by molar-refractivity contribution is 7.90. The maximum Gasteiger partial charge on any atom is 0.297 e. The lowest BCUT2D eigenvalue weighted by Crippen LogP contribution is -2.54. The van der Waals surface area contributed by atoms with Crippen LogP contribution < -0.4 is 30.1 Å². The van der Waals surface area contributed by atoms with Gasteiger partial charge in [0.1, 0.15) is 18.0 Å². The van der Waals surface area contributed by atoms with Crippen molar-refractivity contribution in [1.29, 1.82) is 0 Å². The molecule has 5 aliphatic rings. The van der Waals surface area contributed by atoms with Crippen molar-refractivity contribution in [2.24, 2.45) is 17.1 Å². The number of ether oxygens (including phenoxy) is 2. The predicted octanol–water partition coefficient (Wildman–Crippen LogP) is 8.30. The molecule has 6 N–H and O–H groups in total. The minimum Gasteiger partial charge on any atom is -0.489 e. The number of nitro groups is 1. The molecular formula is C51H60N8O9S. The van der Waals surface area contributed by atoms with Crippen LogP contribution in [0.25, 0.3) is 11.0 Å². The van der Waals surface area contributed by atoms with Crippen LogP contribution in [0.4, 0.5) is 17.1 Å². The van der Waals surface area contributed by atoms with Crippen molar-refractivity contribution in [3.63, 3.8) is 0 Å². The summed E-state index contributed by atoms with van der Waals surface area (Å²) in [5, 5.41) is 26.7. The molecule has 2 aromatic heterocycles. The zero-order valence-corrected chi connectivity index (χ0v) is 40.0. The largest absolute Gasteiger partial charge is 0.489 e. The number of anilines is 2. The summed E-state index contributed by atoms with van der Waals surface area (Å²) in [4.78, 5) is 50.4. The van der Waals surface area contributed by atoms with E-state index in [9.17, 15) is 33.2 Å². The molecule has 4 fully saturated rings. The molecule has 2 saturated heterocycles. The van der Waals surface area contributed by atoms with Crippen LogP contribution in [0.5, 0.6) is 17.2 Å². The van der Waals surface area contributed by atoms with Crippen LogP contribution in [0.3, 0.4) is 0 Å². The molecule has 0 radical (unpaired) electrons. The van der Waals surface area contributed by atoms with E-state index >= 15 is 0 Å². The topological polar surface area (TPSA) is 235 Å². The second kappa shape index (κ2) is 17.9. The number of nitrogens with zero attached hydrogens (tertiary/aromatic N) is 4. The number of carbonyl (C=O) groups is 2. The number of fused-ring (bicyclic) bond motifs is 2. The lowest BCUT2D eigenvalue weighted by atomic mass is 9.59. The first-order chi connectivity index (χ1) is 33.0. The Kier molecular flexibility index (Phi) is 12.1. The van der Waals surface area contributed by atoms with Crippen LogP contribution in [-0.2, 0) is 10.0 Å². The number of nitrogens with one attached hydrogen (secondary N) is 3. The summed E-state index contributed by atoms with van der Waals surface area (Å²) in [6.07, 6.45) is 10.8. The van der Waals surface area contributed by atoms with Gasteiger partial charge in [0.2, 0.25) is 0 Å². The Hall–Kier alpha value is -6.24. The highest BCUT2D eigenvalue weighted by Crippen LogP contribution is 2.54. The van der Waals surface area contributed by atoms with E-state index in [1.807, 2.05) is 0 Å². The molecule has 2 atom stereocenters. The fourth-order valence-corrected chi connectivity index (χ4v) is 12.7. The van der Waals surface area contributed by atoms with Crippen molar-refractivity contribution in [3.8, 4) is 17.2 Å². The van der Waals surface area contributed by atoms with Crippen molar-refractivity contribution in [3.05, 3.63) is 105 Å². The van der Waals surface area contributed by atoms with Gasteiger partial charge in [-0.1, -0.05) is 38.1 Å². The molecule has 2 amide bonds. The molecule has 18 heteroatoms. The highest BCUT2D eigenvalue weighted by Gasteiger charge is 2.50. The van der Waals surface area contributed by atoms with E-state index in [-0.39, 0.29) is 58.2 Å². The van der Waals surface area contributed by atoms with E-state index in [1.165, 1.54) is 30.0 Å². The summed E-state index contributed by atoms with van der Waals surface area (Å²) >= 11 is 0. The number of carbonyl (C=O) groups excluding carboxylic acids is 2. The molecule has 0 bridgehead atoms. The van der Waals surface area contributed by atoms with Crippen molar-refractivity contribution in [1.82, 2.24) is 19.6 Å². The first-order valence-corrected chi connectivity index (χ1v) is 25.7. The van der Waals surface area contributed by atoms with Crippen LogP contribution in [-0.4, -0.2) is 89.1 Å². The van der Waals surface area contributed by atoms with E-state index < -0.39 is 42.9 Å². The first-order valence-electron chi connectivity index (χ1n) is 24.2. The smallest absolute Gasteiger partial charge is 0.297 e. The summed E-state index contributed by atoms with van der Waals surface area (Å²) in [5.74, 6) is -1.53. The van der Waals surface area contributed by atoms with E-state index in [1.54, 1.807) is 37.4 Å². The van der Waals surface area contributed by atoms with Gasteiger partial charge in [-0.3, -0.25) is 24.6 Å². The molecule has 2 saturated carbocycles. The number of hydrogen-bond donors (Lipinski definition) is 5. The molecule has 10 rings (SSSR count). The zero-order valence-electron chi connectivity index (χ0n) is 39.2. The zero-order chi connectivity index (χ0) is 48.4. The standard InChI is InChI=1S/C51H60N8O9S/c1-30(2)36-7-4-5-8-37(36)40-9-6-20-58(40)34-27-51(28-34)17-21-57(22-18-51)33-10-11-38(42(24-33)68-44-23-32-14-19-53-48(32)55-46(44)47(52)60)49(61)56-69(65,66)35-25-41(59(63)64)45-43(26-35)67-29-39(54-45)31-12-15-50(3,62)16-13-31/h4-5,7-8,10-11,14,19,23-26,30-31,34,39-40,54,62H,6,9,12-13,15-18,20-22,27-29H2,1-3H3,(H2,52,60)(H,53,55)(H,56,61)/t31?,39-,40+,50?/m1/s1. The normalized spacial score (nSPS) is 23.8. The number of amides is 2. The summed E-state index contributed by atoms with van der Waals surface area (Å²) in [7, 11) is -4.75. The van der Waals surface area contributed by atoms with Crippen molar-refractivity contribution >= 4 is 49.9 Å². The summed E-state index contributed by atoms with van der Waals surface area (Å²) in [5.41, 5.74) is 8.42. The van der Waals surface area contributed by atoms with E-state index in [4.69, 9.17) is 15.2 Å². The second-order valence-corrected chi connectivity index (χ2v) is 22.2. The molecule has 5 heterocycles. The number of likely N-dealkylation sites (tertiary alicyclic amines) is 1. The molecule has 3 aromatic carbocycles. The molecule has 364 valence electrons. The SMILES string of the molecule is CC(C)c1ccccc1[C@@H]1CCCN1C1CC2(CCN(c3ccc(C(=O)NS(=O)(=O)c4cc5c(c([N+](=O)[O-])c4)N[C@@H](C4CCC(C)(O)CC4)CO5)c(Oc4cc5cc[nH]c5nc4C(N)=O)c3)CC2)C1. The number of pyridine rings is 1. The number of aromatic nitrogens is 2. The number of H-pyrrole nitrogens is 1. The predicted molar refractivity (Wildman–Crippen MR) is 260 cm³/mol. The number of hydrogen-bond acceptors (Lipinski definition) is 13. The Morgan fingerprint density at radius 2 is 1.75 bits per heavy atom. The monoisotopic (exact) mass is 960 g/mol. The number of nitrogens with two attached hydrogens (primary N) is 1. The Balaban J connectivity index is 0.885. The Morgan fingerprint density at radius 3 is 2.48 bits per heavy atom. The molecule has 69 heavy (non-hydrogen) atoms. The average Bonchev–Trinajstić information content (AvgIpc) is 4.00. The molecule has 1 spiro atoms. The van der Waals surface area contributed by atoms with E-state index in [0.29, 0.717) is 54.7 Å². The average molecular weight is 961 g/mol. The number of primary amides is 1. The summed E-state index contributed by atoms with van der Waals surface area (Å²) < 4.78 is 42.5. The van der Waals surface area contributed by atoms with Crippen LogP contribution in [0.15, 0.2) is 77.8 Å². The number of aliphatic hydroxyl groups is 1. The number of sulfonamides is 1. The van der Waals surface area contributed by atoms with Gasteiger partial charge in [0.05, 0.1) is 27.0 Å². The molecule has 2 aliphatic carbocycles. The third-order valence-electron chi connectivity index (χ3n) is 15.6. The van der Waals surface area contributed by atoms with Crippen LogP contribution >= 0.6 is 0 Å². The minimum absolute atomic E-state index is 0.0372. The number of benzene rings is 3. The maximum atomic E-state index is 14.2. The second-order valence-electron chi connectivity index (χ2n) is 20.5.